The Hall–Kier alpha value is -2.89. The number of aromatic carboxylic acids is 1. The van der Waals surface area contributed by atoms with Crippen molar-refractivity contribution in [3.05, 3.63) is 52.6 Å². The highest BCUT2D eigenvalue weighted by Crippen LogP contribution is 2.27. The van der Waals surface area contributed by atoms with Gasteiger partial charge in [-0.25, -0.2) is 9.78 Å². The molecule has 0 radical (unpaired) electrons. The van der Waals surface area contributed by atoms with E-state index in [0.29, 0.717) is 5.56 Å². The van der Waals surface area contributed by atoms with E-state index < -0.39 is 11.5 Å². The number of aryl methyl sites for hydroxylation is 1. The van der Waals surface area contributed by atoms with Gasteiger partial charge in [0, 0.05) is 35.8 Å². The normalized spacial score (nSPS) is 10.8. The summed E-state index contributed by atoms with van der Waals surface area (Å²) < 4.78 is 1.90. The first-order chi connectivity index (χ1) is 9.56. The minimum Gasteiger partial charge on any atom is -0.477 e. The Balaban J connectivity index is 2.31. The number of fused-ring (bicyclic) bond motifs is 1. The standard InChI is InChI=1S/C14H11N3O3/c1-17-7-9(8-4-2-3-5-11(8)17)13-15-10(14(19)20)6-12(18)16-13/h2-7H,1H3,(H,19,20)(H,15,16,18). The van der Waals surface area contributed by atoms with Crippen LogP contribution in [-0.4, -0.2) is 25.6 Å². The smallest absolute Gasteiger partial charge is 0.354 e. The molecule has 6 heteroatoms. The maximum absolute atomic E-state index is 11.6. The maximum atomic E-state index is 11.6. The van der Waals surface area contributed by atoms with Crippen molar-refractivity contribution in [1.29, 1.82) is 0 Å². The Labute approximate surface area is 113 Å². The number of hydrogen-bond acceptors (Lipinski definition) is 3. The highest BCUT2D eigenvalue weighted by Gasteiger charge is 2.13. The van der Waals surface area contributed by atoms with Crippen molar-refractivity contribution in [2.24, 2.45) is 7.05 Å². The Kier molecular flexibility index (Phi) is 2.64. The first-order valence-electron chi connectivity index (χ1n) is 5.95. The van der Waals surface area contributed by atoms with E-state index in [2.05, 4.69) is 9.97 Å². The van der Waals surface area contributed by atoms with E-state index in [1.165, 1.54) is 0 Å². The van der Waals surface area contributed by atoms with Gasteiger partial charge in [0.25, 0.3) is 5.56 Å². The van der Waals surface area contributed by atoms with Crippen molar-refractivity contribution < 1.29 is 9.90 Å². The average Bonchev–Trinajstić information content (AvgIpc) is 2.76. The fourth-order valence-electron chi connectivity index (χ4n) is 2.23. The second-order valence-corrected chi connectivity index (χ2v) is 4.46. The van der Waals surface area contributed by atoms with Gasteiger partial charge in [0.15, 0.2) is 5.69 Å². The van der Waals surface area contributed by atoms with Crippen molar-refractivity contribution in [3.63, 3.8) is 0 Å². The van der Waals surface area contributed by atoms with Gasteiger partial charge < -0.3 is 14.7 Å². The molecular weight excluding hydrogens is 258 g/mol. The summed E-state index contributed by atoms with van der Waals surface area (Å²) in [6.45, 7) is 0. The van der Waals surface area contributed by atoms with E-state index in [1.54, 1.807) is 0 Å². The van der Waals surface area contributed by atoms with Gasteiger partial charge in [-0.15, -0.1) is 0 Å². The van der Waals surface area contributed by atoms with Crippen molar-refractivity contribution >= 4 is 16.9 Å². The molecule has 0 spiro atoms. The van der Waals surface area contributed by atoms with E-state index in [0.717, 1.165) is 17.0 Å². The molecule has 100 valence electrons. The molecule has 2 aromatic heterocycles. The molecule has 1 aromatic carbocycles. The Morgan fingerprint density at radius 1 is 1.35 bits per heavy atom. The van der Waals surface area contributed by atoms with Crippen molar-refractivity contribution in [2.75, 3.05) is 0 Å². The van der Waals surface area contributed by atoms with Gasteiger partial charge in [0.2, 0.25) is 0 Å². The van der Waals surface area contributed by atoms with E-state index >= 15 is 0 Å². The summed E-state index contributed by atoms with van der Waals surface area (Å²) in [5, 5.41) is 9.88. The number of carbonyl (C=O) groups is 1. The molecule has 0 aliphatic heterocycles. The first kappa shape index (κ1) is 12.2. The summed E-state index contributed by atoms with van der Waals surface area (Å²) in [5.41, 5.74) is 0.922. The molecule has 0 unspecified atom stereocenters. The number of carboxylic acid groups (broad SMARTS) is 1. The average molecular weight is 269 g/mol. The van der Waals surface area contributed by atoms with Crippen molar-refractivity contribution in [2.45, 2.75) is 0 Å². The lowest BCUT2D eigenvalue weighted by Crippen LogP contribution is -2.13. The van der Waals surface area contributed by atoms with Crippen molar-refractivity contribution in [3.8, 4) is 11.4 Å². The lowest BCUT2D eigenvalue weighted by Gasteiger charge is -2.00. The van der Waals surface area contributed by atoms with Gasteiger partial charge in [-0.2, -0.15) is 0 Å². The van der Waals surface area contributed by atoms with Crippen LogP contribution in [0.5, 0.6) is 0 Å². The molecule has 3 aromatic rings. The minimum atomic E-state index is -1.22. The second kappa shape index (κ2) is 4.34. The van der Waals surface area contributed by atoms with E-state index in [1.807, 2.05) is 42.1 Å². The molecule has 2 heterocycles. The summed E-state index contributed by atoms with van der Waals surface area (Å²) in [5.74, 6) is -0.968. The van der Waals surface area contributed by atoms with Gasteiger partial charge in [-0.3, -0.25) is 4.79 Å². The number of benzene rings is 1. The third-order valence-electron chi connectivity index (χ3n) is 3.11. The zero-order valence-corrected chi connectivity index (χ0v) is 10.6. The van der Waals surface area contributed by atoms with Gasteiger partial charge >= 0.3 is 5.97 Å². The van der Waals surface area contributed by atoms with Crippen LogP contribution in [0.2, 0.25) is 0 Å². The van der Waals surface area contributed by atoms with Crippen molar-refractivity contribution in [1.82, 2.24) is 14.5 Å². The summed E-state index contributed by atoms with van der Waals surface area (Å²) in [7, 11) is 1.88. The lowest BCUT2D eigenvalue weighted by molar-refractivity contribution is 0.0690. The highest BCUT2D eigenvalue weighted by molar-refractivity contribution is 5.95. The van der Waals surface area contributed by atoms with Gasteiger partial charge in [0.05, 0.1) is 0 Å². The van der Waals surface area contributed by atoms with Crippen LogP contribution in [0.15, 0.2) is 41.3 Å². The third-order valence-corrected chi connectivity index (χ3v) is 3.11. The Morgan fingerprint density at radius 2 is 2.10 bits per heavy atom. The molecular formula is C14H11N3O3. The van der Waals surface area contributed by atoms with Crippen LogP contribution in [0, 0.1) is 0 Å². The van der Waals surface area contributed by atoms with Gasteiger partial charge in [-0.1, -0.05) is 18.2 Å². The molecule has 0 amide bonds. The van der Waals surface area contributed by atoms with Crippen LogP contribution < -0.4 is 5.56 Å². The molecule has 0 aliphatic carbocycles. The number of hydrogen-bond donors (Lipinski definition) is 2. The zero-order valence-electron chi connectivity index (χ0n) is 10.6. The quantitative estimate of drug-likeness (QED) is 0.740. The predicted octanol–water partition coefficient (Wildman–Crippen LogP) is 1.63. The summed E-state index contributed by atoms with van der Waals surface area (Å²) in [4.78, 5) is 29.1. The molecule has 2 N–H and O–H groups in total. The minimum absolute atomic E-state index is 0.256. The number of rotatable bonds is 2. The van der Waals surface area contributed by atoms with Gasteiger partial charge in [-0.05, 0) is 6.07 Å². The molecule has 0 bridgehead atoms. The number of carboxylic acids is 1. The van der Waals surface area contributed by atoms with Crippen LogP contribution in [0.4, 0.5) is 0 Å². The zero-order chi connectivity index (χ0) is 14.3. The molecule has 0 saturated heterocycles. The SMILES string of the molecule is Cn1cc(-c2nc(C(=O)O)cc(=O)[nH]2)c2ccccc21. The van der Waals surface area contributed by atoms with Crippen LogP contribution >= 0.6 is 0 Å². The number of H-pyrrole nitrogens is 1. The molecule has 6 nitrogen and oxygen atoms in total. The summed E-state index contributed by atoms with van der Waals surface area (Å²) in [6, 6.07) is 8.61. The monoisotopic (exact) mass is 269 g/mol. The van der Waals surface area contributed by atoms with Crippen LogP contribution in [0.3, 0.4) is 0 Å². The Bertz CT molecular complexity index is 877. The lowest BCUT2D eigenvalue weighted by atomic mass is 10.1. The molecule has 3 rings (SSSR count). The van der Waals surface area contributed by atoms with Crippen LogP contribution in [0.25, 0.3) is 22.3 Å². The number of nitrogens with one attached hydrogen (secondary N) is 1. The van der Waals surface area contributed by atoms with Crippen LogP contribution in [-0.2, 0) is 7.05 Å². The first-order valence-corrected chi connectivity index (χ1v) is 5.95. The molecule has 0 atom stereocenters. The molecule has 0 fully saturated rings. The molecule has 20 heavy (non-hydrogen) atoms. The number of nitrogens with zero attached hydrogens (tertiary/aromatic N) is 2. The molecule has 0 aliphatic rings. The topological polar surface area (TPSA) is 88.0 Å². The summed E-state index contributed by atoms with van der Waals surface area (Å²) >= 11 is 0. The third kappa shape index (κ3) is 1.87. The van der Waals surface area contributed by atoms with E-state index in [4.69, 9.17) is 5.11 Å². The van der Waals surface area contributed by atoms with Crippen LogP contribution in [0.1, 0.15) is 10.5 Å². The number of para-hydroxylation sites is 1. The largest absolute Gasteiger partial charge is 0.477 e. The predicted molar refractivity (Wildman–Crippen MR) is 73.7 cm³/mol. The van der Waals surface area contributed by atoms with Gasteiger partial charge in [0.1, 0.15) is 5.82 Å². The molecule has 0 saturated carbocycles. The Morgan fingerprint density at radius 3 is 2.85 bits per heavy atom. The number of aromatic amines is 1. The fraction of sp³-hybridized carbons (Fsp3) is 0.0714. The summed E-state index contributed by atoms with van der Waals surface area (Å²) in [6.07, 6.45) is 1.81. The van der Waals surface area contributed by atoms with E-state index in [9.17, 15) is 9.59 Å². The number of aromatic nitrogens is 3. The maximum Gasteiger partial charge on any atom is 0.354 e. The fourth-order valence-corrected chi connectivity index (χ4v) is 2.23. The highest BCUT2D eigenvalue weighted by atomic mass is 16.4. The van der Waals surface area contributed by atoms with E-state index in [-0.39, 0.29) is 11.5 Å². The second-order valence-electron chi connectivity index (χ2n) is 4.46.